The first kappa shape index (κ1) is 14.1. The number of allylic oxidation sites excluding steroid dienone is 3. The summed E-state index contributed by atoms with van der Waals surface area (Å²) >= 11 is 0. The molecule has 0 aromatic heterocycles. The van der Waals surface area contributed by atoms with E-state index in [1.165, 1.54) is 5.57 Å². The molecule has 98 valence electrons. The fourth-order valence-corrected chi connectivity index (χ4v) is 1.74. The van der Waals surface area contributed by atoms with Gasteiger partial charge in [-0.1, -0.05) is 6.08 Å². The Morgan fingerprint density at radius 1 is 1.44 bits per heavy atom. The average molecular weight is 246 g/mol. The Labute approximate surface area is 109 Å². The second-order valence-corrected chi connectivity index (χ2v) is 4.01. The topological polar surface area (TPSA) is 39.7 Å². The van der Waals surface area contributed by atoms with E-state index in [4.69, 9.17) is 0 Å². The Morgan fingerprint density at radius 2 is 2.11 bits per heavy atom. The molecule has 0 radical (unpaired) electrons. The molecule has 0 saturated heterocycles. The quantitative estimate of drug-likeness (QED) is 0.454. The lowest BCUT2D eigenvalue weighted by molar-refractivity contribution is 0.627. The second kappa shape index (κ2) is 7.37. The van der Waals surface area contributed by atoms with E-state index in [0.717, 1.165) is 24.6 Å². The van der Waals surface area contributed by atoms with Crippen LogP contribution in [0.2, 0.25) is 0 Å². The summed E-state index contributed by atoms with van der Waals surface area (Å²) in [6, 6.07) is 0. The third-order valence-corrected chi connectivity index (χ3v) is 2.75. The van der Waals surface area contributed by atoms with Gasteiger partial charge in [0.25, 0.3) is 0 Å². The van der Waals surface area contributed by atoms with Crippen molar-refractivity contribution in [1.82, 2.24) is 15.5 Å². The normalized spacial score (nSPS) is 18.1. The Kier molecular flexibility index (Phi) is 5.77. The van der Waals surface area contributed by atoms with Gasteiger partial charge >= 0.3 is 0 Å². The van der Waals surface area contributed by atoms with Gasteiger partial charge in [0.1, 0.15) is 5.84 Å². The summed E-state index contributed by atoms with van der Waals surface area (Å²) in [4.78, 5) is 6.40. The van der Waals surface area contributed by atoms with E-state index < -0.39 is 0 Å². The predicted octanol–water partition coefficient (Wildman–Crippen LogP) is 1.97. The molecular formula is C14H22N4. The maximum absolute atomic E-state index is 4.31. The van der Waals surface area contributed by atoms with Crippen LogP contribution in [0.25, 0.3) is 0 Å². The second-order valence-electron chi connectivity index (χ2n) is 4.01. The highest BCUT2D eigenvalue weighted by Gasteiger charge is 2.09. The molecule has 2 N–H and O–H groups in total. The van der Waals surface area contributed by atoms with Crippen LogP contribution in [0.4, 0.5) is 0 Å². The maximum atomic E-state index is 4.31. The number of aliphatic imine (C=N–C) groups is 1. The van der Waals surface area contributed by atoms with Gasteiger partial charge in [-0.15, -0.1) is 6.58 Å². The Hall–Kier alpha value is -1.97. The zero-order valence-corrected chi connectivity index (χ0v) is 11.4. The van der Waals surface area contributed by atoms with Crippen LogP contribution in [0.3, 0.4) is 0 Å². The molecule has 1 heterocycles. The fraction of sp³-hybridized carbons (Fsp3) is 0.357. The molecule has 4 heteroatoms. The minimum absolute atomic E-state index is 0.721. The number of rotatable bonds is 3. The molecule has 0 saturated carbocycles. The van der Waals surface area contributed by atoms with Crippen LogP contribution in [-0.4, -0.2) is 31.5 Å². The molecule has 0 amide bonds. The summed E-state index contributed by atoms with van der Waals surface area (Å²) in [6.45, 7) is 6.57. The molecule has 0 spiro atoms. The monoisotopic (exact) mass is 246 g/mol. The van der Waals surface area contributed by atoms with Crippen molar-refractivity contribution in [3.05, 3.63) is 48.5 Å². The Bertz CT molecular complexity index is 402. The van der Waals surface area contributed by atoms with E-state index in [1.807, 2.05) is 25.5 Å². The highest BCUT2D eigenvalue weighted by atomic mass is 15.2. The van der Waals surface area contributed by atoms with Crippen molar-refractivity contribution in [2.45, 2.75) is 13.3 Å². The SMILES string of the molecule is C=CCC(=NC)N(C)C1=C(C)/C=C\NCNC=C1. The first-order valence-corrected chi connectivity index (χ1v) is 6.01. The Balaban J connectivity index is 3.04. The van der Waals surface area contributed by atoms with E-state index in [-0.39, 0.29) is 0 Å². The molecule has 1 rings (SSSR count). The van der Waals surface area contributed by atoms with Crippen LogP contribution in [-0.2, 0) is 0 Å². The Morgan fingerprint density at radius 3 is 2.72 bits per heavy atom. The van der Waals surface area contributed by atoms with Gasteiger partial charge in [-0.05, 0) is 37.0 Å². The standard InChI is InChI=1S/C14H22N4/c1-5-6-14(15-3)18(4)13-8-10-17-11-16-9-7-12(13)2/h5,7-10,16-17H,1,6,11H2,2-4H3/b9-7-,10-8?,13-12?,15-14?. The van der Waals surface area contributed by atoms with Gasteiger partial charge in [-0.2, -0.15) is 0 Å². The third kappa shape index (κ3) is 3.80. The van der Waals surface area contributed by atoms with Crippen LogP contribution in [0.5, 0.6) is 0 Å². The van der Waals surface area contributed by atoms with Gasteiger partial charge < -0.3 is 15.5 Å². The van der Waals surface area contributed by atoms with Gasteiger partial charge in [0, 0.05) is 26.2 Å². The van der Waals surface area contributed by atoms with Crippen molar-refractivity contribution in [3.8, 4) is 0 Å². The highest BCUT2D eigenvalue weighted by Crippen LogP contribution is 2.14. The van der Waals surface area contributed by atoms with Gasteiger partial charge in [0.05, 0.1) is 6.67 Å². The van der Waals surface area contributed by atoms with E-state index >= 15 is 0 Å². The number of hydrogen-bond donors (Lipinski definition) is 2. The van der Waals surface area contributed by atoms with Gasteiger partial charge in [-0.3, -0.25) is 4.99 Å². The first-order chi connectivity index (χ1) is 8.70. The molecule has 0 atom stereocenters. The molecule has 1 aliphatic heterocycles. The fourth-order valence-electron chi connectivity index (χ4n) is 1.74. The molecule has 1 aliphatic rings. The lowest BCUT2D eigenvalue weighted by Crippen LogP contribution is -2.26. The van der Waals surface area contributed by atoms with Crippen LogP contribution >= 0.6 is 0 Å². The van der Waals surface area contributed by atoms with Crippen molar-refractivity contribution < 1.29 is 0 Å². The van der Waals surface area contributed by atoms with Crippen molar-refractivity contribution in [2.75, 3.05) is 20.8 Å². The van der Waals surface area contributed by atoms with Crippen LogP contribution in [0, 0.1) is 0 Å². The summed E-state index contributed by atoms with van der Waals surface area (Å²) in [5.74, 6) is 0.990. The van der Waals surface area contributed by atoms with Crippen LogP contribution in [0.15, 0.2) is 53.5 Å². The highest BCUT2D eigenvalue weighted by molar-refractivity contribution is 5.85. The third-order valence-electron chi connectivity index (χ3n) is 2.75. The number of nitrogens with one attached hydrogen (secondary N) is 2. The minimum Gasteiger partial charge on any atom is -0.374 e. The lowest BCUT2D eigenvalue weighted by Gasteiger charge is -2.23. The predicted molar refractivity (Wildman–Crippen MR) is 78.1 cm³/mol. The van der Waals surface area contributed by atoms with Crippen molar-refractivity contribution in [1.29, 1.82) is 0 Å². The van der Waals surface area contributed by atoms with Gasteiger partial charge in [-0.25, -0.2) is 0 Å². The summed E-state index contributed by atoms with van der Waals surface area (Å²) in [6.07, 6.45) is 10.6. The molecule has 4 nitrogen and oxygen atoms in total. The van der Waals surface area contributed by atoms with Gasteiger partial charge in [0.15, 0.2) is 0 Å². The van der Waals surface area contributed by atoms with E-state index in [1.54, 1.807) is 7.05 Å². The van der Waals surface area contributed by atoms with Crippen molar-refractivity contribution >= 4 is 5.84 Å². The average Bonchev–Trinajstić information content (AvgIpc) is 2.47. The number of nitrogens with zero attached hydrogens (tertiary/aromatic N) is 2. The largest absolute Gasteiger partial charge is 0.374 e. The molecule has 0 aromatic carbocycles. The van der Waals surface area contributed by atoms with Gasteiger partial charge in [0.2, 0.25) is 0 Å². The smallest absolute Gasteiger partial charge is 0.106 e. The minimum atomic E-state index is 0.721. The summed E-state index contributed by atoms with van der Waals surface area (Å²) in [5.41, 5.74) is 2.29. The summed E-state index contributed by atoms with van der Waals surface area (Å²) < 4.78 is 0. The number of likely N-dealkylation sites (N-methyl/N-ethyl adjacent to an activating group) is 1. The number of hydrogen-bond acceptors (Lipinski definition) is 3. The van der Waals surface area contributed by atoms with E-state index in [9.17, 15) is 0 Å². The molecule has 0 aliphatic carbocycles. The molecule has 0 unspecified atom stereocenters. The maximum Gasteiger partial charge on any atom is 0.106 e. The molecular weight excluding hydrogens is 224 g/mol. The zero-order chi connectivity index (χ0) is 13.4. The molecule has 0 aromatic rings. The molecule has 0 fully saturated rings. The van der Waals surface area contributed by atoms with Crippen LogP contribution < -0.4 is 10.6 Å². The number of amidine groups is 1. The van der Waals surface area contributed by atoms with E-state index in [2.05, 4.69) is 46.2 Å². The summed E-state index contributed by atoms with van der Waals surface area (Å²) in [5, 5.41) is 6.30. The first-order valence-electron chi connectivity index (χ1n) is 6.01. The zero-order valence-electron chi connectivity index (χ0n) is 11.4. The summed E-state index contributed by atoms with van der Waals surface area (Å²) in [7, 11) is 3.83. The molecule has 0 bridgehead atoms. The van der Waals surface area contributed by atoms with Crippen LogP contribution in [0.1, 0.15) is 13.3 Å². The lowest BCUT2D eigenvalue weighted by atomic mass is 10.2. The van der Waals surface area contributed by atoms with Crippen molar-refractivity contribution in [3.63, 3.8) is 0 Å². The van der Waals surface area contributed by atoms with E-state index in [0.29, 0.717) is 0 Å². The van der Waals surface area contributed by atoms with Crippen molar-refractivity contribution in [2.24, 2.45) is 4.99 Å². The molecule has 18 heavy (non-hydrogen) atoms.